The van der Waals surface area contributed by atoms with Gasteiger partial charge in [0.15, 0.2) is 6.61 Å². The molecule has 1 fully saturated rings. The molecule has 0 unspecified atom stereocenters. The molecule has 0 aliphatic carbocycles. The van der Waals surface area contributed by atoms with Crippen LogP contribution >= 0.6 is 23.2 Å². The van der Waals surface area contributed by atoms with Crippen LogP contribution in [0, 0.1) is 12.8 Å². The van der Waals surface area contributed by atoms with Crippen molar-refractivity contribution in [3.8, 4) is 0 Å². The van der Waals surface area contributed by atoms with E-state index in [0.717, 1.165) is 5.56 Å². The molecule has 1 aliphatic heterocycles. The summed E-state index contributed by atoms with van der Waals surface area (Å²) < 4.78 is 5.10. The quantitative estimate of drug-likeness (QED) is 0.745. The summed E-state index contributed by atoms with van der Waals surface area (Å²) in [6.07, 6.45) is 0.0382. The zero-order chi connectivity index (χ0) is 20.3. The maximum Gasteiger partial charge on any atom is 0.311 e. The van der Waals surface area contributed by atoms with Crippen LogP contribution in [0.1, 0.15) is 12.0 Å². The molecule has 2 amide bonds. The number of nitrogens with one attached hydrogen (secondary N) is 1. The highest BCUT2D eigenvalue weighted by molar-refractivity contribution is 6.31. The number of nitrogens with zero attached hydrogens (tertiary/aromatic N) is 1. The predicted molar refractivity (Wildman–Crippen MR) is 108 cm³/mol. The summed E-state index contributed by atoms with van der Waals surface area (Å²) in [5.41, 5.74) is 1.95. The van der Waals surface area contributed by atoms with Crippen LogP contribution in [0.25, 0.3) is 0 Å². The third-order valence-electron chi connectivity index (χ3n) is 4.48. The molecule has 6 nitrogen and oxygen atoms in total. The van der Waals surface area contributed by atoms with E-state index in [-0.39, 0.29) is 18.9 Å². The van der Waals surface area contributed by atoms with E-state index in [9.17, 15) is 14.4 Å². The van der Waals surface area contributed by atoms with Crippen molar-refractivity contribution in [2.75, 3.05) is 23.4 Å². The van der Waals surface area contributed by atoms with Gasteiger partial charge in [0, 0.05) is 34.4 Å². The number of esters is 1. The SMILES string of the molecule is Cc1c(Cl)cccc1NC(=O)COC(=O)[C@@H]1CC(=O)N(c2ccc(Cl)cc2)C1. The Labute approximate surface area is 172 Å². The van der Waals surface area contributed by atoms with Crippen LogP contribution in [0.15, 0.2) is 42.5 Å². The number of carbonyl (C=O) groups is 3. The fraction of sp³-hybridized carbons (Fsp3) is 0.250. The summed E-state index contributed by atoms with van der Waals surface area (Å²) in [5, 5.41) is 3.75. The molecule has 0 bridgehead atoms. The van der Waals surface area contributed by atoms with Crippen LogP contribution in [0.2, 0.25) is 10.0 Å². The van der Waals surface area contributed by atoms with Crippen molar-refractivity contribution >= 4 is 52.4 Å². The zero-order valence-corrected chi connectivity index (χ0v) is 16.6. The first-order valence-corrected chi connectivity index (χ1v) is 9.38. The van der Waals surface area contributed by atoms with Crippen molar-refractivity contribution < 1.29 is 19.1 Å². The van der Waals surface area contributed by atoms with Gasteiger partial charge >= 0.3 is 5.97 Å². The Balaban J connectivity index is 1.53. The third kappa shape index (κ3) is 4.64. The van der Waals surface area contributed by atoms with E-state index in [0.29, 0.717) is 21.4 Å². The molecule has 0 aromatic heterocycles. The molecule has 0 radical (unpaired) electrons. The van der Waals surface area contributed by atoms with Crippen molar-refractivity contribution in [2.45, 2.75) is 13.3 Å². The summed E-state index contributed by atoms with van der Waals surface area (Å²) in [7, 11) is 0. The molecule has 2 aromatic rings. The van der Waals surface area contributed by atoms with Gasteiger partial charge in [-0.15, -0.1) is 0 Å². The Bertz CT molecular complexity index is 915. The fourth-order valence-electron chi connectivity index (χ4n) is 2.92. The van der Waals surface area contributed by atoms with Crippen LogP contribution in [0.3, 0.4) is 0 Å². The summed E-state index contributed by atoms with van der Waals surface area (Å²) in [6, 6.07) is 11.9. The molecule has 1 heterocycles. The lowest BCUT2D eigenvalue weighted by molar-refractivity contribution is -0.151. The van der Waals surface area contributed by atoms with E-state index in [1.54, 1.807) is 49.4 Å². The van der Waals surface area contributed by atoms with Crippen LogP contribution in [-0.4, -0.2) is 30.9 Å². The largest absolute Gasteiger partial charge is 0.455 e. The average molecular weight is 421 g/mol. The average Bonchev–Trinajstić information content (AvgIpc) is 3.06. The van der Waals surface area contributed by atoms with Gasteiger partial charge in [0.05, 0.1) is 5.92 Å². The van der Waals surface area contributed by atoms with Gasteiger partial charge in [-0.25, -0.2) is 0 Å². The predicted octanol–water partition coefficient (Wildman–Crippen LogP) is 3.84. The lowest BCUT2D eigenvalue weighted by Gasteiger charge is -2.16. The smallest absolute Gasteiger partial charge is 0.311 e. The molecule has 0 spiro atoms. The topological polar surface area (TPSA) is 75.7 Å². The Morgan fingerprint density at radius 3 is 2.61 bits per heavy atom. The van der Waals surface area contributed by atoms with E-state index >= 15 is 0 Å². The van der Waals surface area contributed by atoms with Gasteiger partial charge in [-0.3, -0.25) is 14.4 Å². The second kappa shape index (κ2) is 8.63. The van der Waals surface area contributed by atoms with E-state index < -0.39 is 24.4 Å². The molecule has 1 atom stereocenters. The molecule has 2 aromatic carbocycles. The summed E-state index contributed by atoms with van der Waals surface area (Å²) in [6.45, 7) is 1.55. The highest BCUT2D eigenvalue weighted by Gasteiger charge is 2.36. The maximum atomic E-state index is 12.3. The van der Waals surface area contributed by atoms with Gasteiger partial charge in [-0.1, -0.05) is 29.3 Å². The van der Waals surface area contributed by atoms with Gasteiger partial charge in [-0.05, 0) is 48.9 Å². The molecule has 1 saturated heterocycles. The third-order valence-corrected chi connectivity index (χ3v) is 5.15. The van der Waals surface area contributed by atoms with Gasteiger partial charge in [-0.2, -0.15) is 0 Å². The summed E-state index contributed by atoms with van der Waals surface area (Å²) in [5.74, 6) is -1.85. The van der Waals surface area contributed by atoms with Gasteiger partial charge in [0.1, 0.15) is 0 Å². The molecule has 0 saturated carbocycles. The number of hydrogen-bond donors (Lipinski definition) is 1. The number of anilines is 2. The Hall–Kier alpha value is -2.57. The maximum absolute atomic E-state index is 12.3. The first-order valence-electron chi connectivity index (χ1n) is 8.62. The fourth-order valence-corrected chi connectivity index (χ4v) is 3.22. The van der Waals surface area contributed by atoms with Gasteiger partial charge < -0.3 is 15.0 Å². The first kappa shape index (κ1) is 20.2. The molecule has 1 aliphatic rings. The molecule has 28 heavy (non-hydrogen) atoms. The molecule has 8 heteroatoms. The highest BCUT2D eigenvalue weighted by Crippen LogP contribution is 2.27. The number of carbonyl (C=O) groups excluding carboxylic acids is 3. The second-order valence-corrected chi connectivity index (χ2v) is 7.29. The molecule has 146 valence electrons. The first-order chi connectivity index (χ1) is 13.3. The van der Waals surface area contributed by atoms with Crippen molar-refractivity contribution in [2.24, 2.45) is 5.92 Å². The van der Waals surface area contributed by atoms with E-state index in [1.807, 2.05) is 0 Å². The summed E-state index contributed by atoms with van der Waals surface area (Å²) >= 11 is 11.9. The van der Waals surface area contributed by atoms with Crippen molar-refractivity contribution in [1.82, 2.24) is 0 Å². The second-order valence-electron chi connectivity index (χ2n) is 6.45. The molecular weight excluding hydrogens is 403 g/mol. The lowest BCUT2D eigenvalue weighted by atomic mass is 10.1. The minimum atomic E-state index is -0.621. The number of rotatable bonds is 5. The van der Waals surface area contributed by atoms with Crippen LogP contribution in [0.5, 0.6) is 0 Å². The van der Waals surface area contributed by atoms with Gasteiger partial charge in [0.2, 0.25) is 5.91 Å². The number of benzene rings is 2. The Morgan fingerprint density at radius 2 is 1.89 bits per heavy atom. The Kier molecular flexibility index (Phi) is 6.21. The molecule has 3 rings (SSSR count). The standard InChI is InChI=1S/C20H18Cl2N2O4/c1-12-16(22)3-2-4-17(12)23-18(25)11-28-20(27)13-9-19(26)24(10-13)15-7-5-14(21)6-8-15/h2-8,13H,9-11H2,1H3,(H,23,25)/t13-/m1/s1. The summed E-state index contributed by atoms with van der Waals surface area (Å²) in [4.78, 5) is 38.1. The van der Waals surface area contributed by atoms with Crippen molar-refractivity contribution in [1.29, 1.82) is 0 Å². The van der Waals surface area contributed by atoms with Crippen LogP contribution in [-0.2, 0) is 19.1 Å². The van der Waals surface area contributed by atoms with Crippen LogP contribution in [0.4, 0.5) is 11.4 Å². The number of halogens is 2. The highest BCUT2D eigenvalue weighted by atomic mass is 35.5. The number of ether oxygens (including phenoxy) is 1. The Morgan fingerprint density at radius 1 is 1.18 bits per heavy atom. The van der Waals surface area contributed by atoms with Crippen molar-refractivity contribution in [3.05, 3.63) is 58.1 Å². The minimum Gasteiger partial charge on any atom is -0.455 e. The molecular formula is C20H18Cl2N2O4. The van der Waals surface area contributed by atoms with Crippen LogP contribution < -0.4 is 10.2 Å². The van der Waals surface area contributed by atoms with E-state index in [4.69, 9.17) is 27.9 Å². The monoisotopic (exact) mass is 420 g/mol. The molecule has 1 N–H and O–H groups in total. The normalized spacial score (nSPS) is 16.2. The number of amides is 2. The van der Waals surface area contributed by atoms with E-state index in [1.165, 1.54) is 4.90 Å². The van der Waals surface area contributed by atoms with Crippen molar-refractivity contribution in [3.63, 3.8) is 0 Å². The lowest BCUT2D eigenvalue weighted by Crippen LogP contribution is -2.28. The zero-order valence-electron chi connectivity index (χ0n) is 15.1. The van der Waals surface area contributed by atoms with E-state index in [2.05, 4.69) is 5.32 Å². The van der Waals surface area contributed by atoms with Gasteiger partial charge in [0.25, 0.3) is 5.91 Å². The minimum absolute atomic E-state index is 0.0382. The number of hydrogen-bond acceptors (Lipinski definition) is 4.